The van der Waals surface area contributed by atoms with Crippen molar-refractivity contribution in [2.24, 2.45) is 5.92 Å². The number of anilines is 1. The Morgan fingerprint density at radius 3 is 2.73 bits per heavy atom. The molecule has 0 aromatic heterocycles. The Morgan fingerprint density at radius 1 is 1.27 bits per heavy atom. The van der Waals surface area contributed by atoms with Crippen molar-refractivity contribution in [1.82, 2.24) is 0 Å². The molecule has 1 aromatic rings. The van der Waals surface area contributed by atoms with Crippen LogP contribution < -0.4 is 5.73 Å². The summed E-state index contributed by atoms with van der Waals surface area (Å²) in [6, 6.07) is 6.59. The van der Waals surface area contributed by atoms with E-state index in [4.69, 9.17) is 5.73 Å². The second kappa shape index (κ2) is 4.26. The number of hydrogen-bond donors (Lipinski definition) is 1. The third-order valence-electron chi connectivity index (χ3n) is 3.71. The standard InChI is InChI=1S/C14H21N/c1-10-4-3-5-12(8-10)13-7-6-11(2)14(15)9-13/h6-7,9-10,12H,3-5,8,15H2,1-2H3/t10-,12+/m1/s1. The quantitative estimate of drug-likeness (QED) is 0.689. The van der Waals surface area contributed by atoms with Gasteiger partial charge in [0, 0.05) is 5.69 Å². The first-order valence-electron chi connectivity index (χ1n) is 6.03. The first-order chi connectivity index (χ1) is 7.16. The van der Waals surface area contributed by atoms with Gasteiger partial charge in [0.05, 0.1) is 0 Å². The molecule has 1 aliphatic rings. The third kappa shape index (κ3) is 2.34. The Hall–Kier alpha value is -0.980. The molecule has 1 aliphatic carbocycles. The zero-order valence-corrected chi connectivity index (χ0v) is 9.79. The summed E-state index contributed by atoms with van der Waals surface area (Å²) in [5.74, 6) is 1.63. The van der Waals surface area contributed by atoms with Gasteiger partial charge in [-0.15, -0.1) is 0 Å². The fraction of sp³-hybridized carbons (Fsp3) is 0.571. The van der Waals surface area contributed by atoms with E-state index in [1.54, 1.807) is 0 Å². The molecule has 0 spiro atoms. The average molecular weight is 203 g/mol. The lowest BCUT2D eigenvalue weighted by Crippen LogP contribution is -2.12. The molecular formula is C14H21N. The lowest BCUT2D eigenvalue weighted by Gasteiger charge is -2.27. The van der Waals surface area contributed by atoms with Crippen LogP contribution in [-0.2, 0) is 0 Å². The molecule has 1 nitrogen and oxygen atoms in total. The van der Waals surface area contributed by atoms with Crippen LogP contribution in [0.2, 0.25) is 0 Å². The minimum absolute atomic E-state index is 0.747. The van der Waals surface area contributed by atoms with Gasteiger partial charge in [0.1, 0.15) is 0 Å². The summed E-state index contributed by atoms with van der Waals surface area (Å²) in [7, 11) is 0. The second-order valence-electron chi connectivity index (χ2n) is 5.08. The first-order valence-corrected chi connectivity index (χ1v) is 6.03. The van der Waals surface area contributed by atoms with Gasteiger partial charge in [0.25, 0.3) is 0 Å². The van der Waals surface area contributed by atoms with Crippen LogP contribution in [0.5, 0.6) is 0 Å². The monoisotopic (exact) mass is 203 g/mol. The summed E-state index contributed by atoms with van der Waals surface area (Å²) in [4.78, 5) is 0. The fourth-order valence-electron chi connectivity index (χ4n) is 2.65. The second-order valence-corrected chi connectivity index (χ2v) is 5.08. The minimum atomic E-state index is 0.747. The van der Waals surface area contributed by atoms with Crippen molar-refractivity contribution in [2.75, 3.05) is 5.73 Å². The van der Waals surface area contributed by atoms with Crippen molar-refractivity contribution in [2.45, 2.75) is 45.4 Å². The highest BCUT2D eigenvalue weighted by molar-refractivity contribution is 5.49. The molecule has 0 bridgehead atoms. The van der Waals surface area contributed by atoms with Crippen LogP contribution >= 0.6 is 0 Å². The normalized spacial score (nSPS) is 26.5. The molecule has 2 rings (SSSR count). The highest BCUT2D eigenvalue weighted by Crippen LogP contribution is 2.36. The number of hydrogen-bond acceptors (Lipinski definition) is 1. The molecule has 1 aromatic carbocycles. The zero-order chi connectivity index (χ0) is 10.8. The number of nitrogens with two attached hydrogens (primary N) is 1. The number of benzene rings is 1. The molecular weight excluding hydrogens is 182 g/mol. The van der Waals surface area contributed by atoms with Crippen LogP contribution in [0.15, 0.2) is 18.2 Å². The van der Waals surface area contributed by atoms with Crippen molar-refractivity contribution in [3.05, 3.63) is 29.3 Å². The van der Waals surface area contributed by atoms with E-state index >= 15 is 0 Å². The topological polar surface area (TPSA) is 26.0 Å². The smallest absolute Gasteiger partial charge is 0.0346 e. The van der Waals surface area contributed by atoms with Crippen LogP contribution in [0.3, 0.4) is 0 Å². The van der Waals surface area contributed by atoms with E-state index in [9.17, 15) is 0 Å². The van der Waals surface area contributed by atoms with E-state index in [1.165, 1.54) is 36.8 Å². The SMILES string of the molecule is Cc1ccc([C@H]2CCC[C@@H](C)C2)cc1N. The van der Waals surface area contributed by atoms with Crippen molar-refractivity contribution in [1.29, 1.82) is 0 Å². The summed E-state index contributed by atoms with van der Waals surface area (Å²) in [5, 5.41) is 0. The molecule has 0 unspecified atom stereocenters. The van der Waals surface area contributed by atoms with Gasteiger partial charge in [-0.05, 0) is 48.8 Å². The van der Waals surface area contributed by atoms with Crippen molar-refractivity contribution in [3.8, 4) is 0 Å². The van der Waals surface area contributed by atoms with Crippen molar-refractivity contribution < 1.29 is 0 Å². The van der Waals surface area contributed by atoms with Gasteiger partial charge in [-0.3, -0.25) is 0 Å². The summed E-state index contributed by atoms with van der Waals surface area (Å²) < 4.78 is 0. The largest absolute Gasteiger partial charge is 0.399 e. The number of aryl methyl sites for hydroxylation is 1. The lowest BCUT2D eigenvalue weighted by atomic mass is 9.78. The summed E-state index contributed by atoms with van der Waals surface area (Å²) in [5.41, 5.74) is 9.56. The Morgan fingerprint density at radius 2 is 2.07 bits per heavy atom. The number of rotatable bonds is 1. The third-order valence-corrected chi connectivity index (χ3v) is 3.71. The first kappa shape index (κ1) is 10.5. The summed E-state index contributed by atoms with van der Waals surface area (Å²) in [6.45, 7) is 4.44. The molecule has 0 radical (unpaired) electrons. The molecule has 2 atom stereocenters. The molecule has 0 aliphatic heterocycles. The molecule has 1 heteroatoms. The van der Waals surface area contributed by atoms with Crippen LogP contribution in [0.4, 0.5) is 5.69 Å². The molecule has 15 heavy (non-hydrogen) atoms. The predicted molar refractivity (Wildman–Crippen MR) is 66.0 cm³/mol. The minimum Gasteiger partial charge on any atom is -0.399 e. The Labute approximate surface area is 92.7 Å². The van der Waals surface area contributed by atoms with E-state index < -0.39 is 0 Å². The number of nitrogen functional groups attached to an aromatic ring is 1. The van der Waals surface area contributed by atoms with Gasteiger partial charge in [-0.2, -0.15) is 0 Å². The highest BCUT2D eigenvalue weighted by atomic mass is 14.6. The summed E-state index contributed by atoms with van der Waals surface area (Å²) >= 11 is 0. The molecule has 1 fully saturated rings. The average Bonchev–Trinajstić information content (AvgIpc) is 2.22. The van der Waals surface area contributed by atoms with Crippen molar-refractivity contribution >= 4 is 5.69 Å². The maximum atomic E-state index is 5.96. The Bertz CT molecular complexity index is 343. The Kier molecular flexibility index (Phi) is 2.99. The van der Waals surface area contributed by atoms with E-state index in [0.717, 1.165) is 17.5 Å². The van der Waals surface area contributed by atoms with Gasteiger partial charge < -0.3 is 5.73 Å². The fourth-order valence-corrected chi connectivity index (χ4v) is 2.65. The van der Waals surface area contributed by atoms with Gasteiger partial charge >= 0.3 is 0 Å². The molecule has 1 saturated carbocycles. The van der Waals surface area contributed by atoms with Crippen LogP contribution in [-0.4, -0.2) is 0 Å². The van der Waals surface area contributed by atoms with Crippen LogP contribution in [0, 0.1) is 12.8 Å². The molecule has 0 amide bonds. The molecule has 0 saturated heterocycles. The van der Waals surface area contributed by atoms with Gasteiger partial charge in [0.2, 0.25) is 0 Å². The van der Waals surface area contributed by atoms with E-state index in [1.807, 2.05) is 0 Å². The highest BCUT2D eigenvalue weighted by Gasteiger charge is 2.20. The molecule has 82 valence electrons. The van der Waals surface area contributed by atoms with Gasteiger partial charge in [0.15, 0.2) is 0 Å². The Balaban J connectivity index is 2.18. The van der Waals surface area contributed by atoms with E-state index in [2.05, 4.69) is 32.0 Å². The maximum absolute atomic E-state index is 5.96. The lowest BCUT2D eigenvalue weighted by molar-refractivity contribution is 0.344. The molecule has 2 N–H and O–H groups in total. The maximum Gasteiger partial charge on any atom is 0.0346 e. The zero-order valence-electron chi connectivity index (χ0n) is 9.79. The van der Waals surface area contributed by atoms with Gasteiger partial charge in [-0.1, -0.05) is 31.9 Å². The van der Waals surface area contributed by atoms with Gasteiger partial charge in [-0.25, -0.2) is 0 Å². The van der Waals surface area contributed by atoms with E-state index in [0.29, 0.717) is 0 Å². The van der Waals surface area contributed by atoms with Crippen LogP contribution in [0.25, 0.3) is 0 Å². The van der Waals surface area contributed by atoms with Crippen molar-refractivity contribution in [3.63, 3.8) is 0 Å². The predicted octanol–water partition coefficient (Wildman–Crippen LogP) is 3.87. The van der Waals surface area contributed by atoms with E-state index in [-0.39, 0.29) is 0 Å². The molecule has 0 heterocycles. The summed E-state index contributed by atoms with van der Waals surface area (Å²) in [6.07, 6.45) is 5.45. The van der Waals surface area contributed by atoms with Crippen LogP contribution in [0.1, 0.15) is 49.7 Å².